The van der Waals surface area contributed by atoms with Crippen LogP contribution in [-0.2, 0) is 11.3 Å². The van der Waals surface area contributed by atoms with Crippen molar-refractivity contribution in [3.63, 3.8) is 0 Å². The smallest absolute Gasteiger partial charge is 0.167 e. The molecule has 1 aromatic carbocycles. The molecule has 4 N–H and O–H groups in total. The third-order valence-electron chi connectivity index (χ3n) is 4.55. The van der Waals surface area contributed by atoms with Gasteiger partial charge in [0.05, 0.1) is 12.9 Å². The molecule has 1 aliphatic rings. The summed E-state index contributed by atoms with van der Waals surface area (Å²) in [7, 11) is 0. The quantitative estimate of drug-likeness (QED) is 0.463. The van der Waals surface area contributed by atoms with Gasteiger partial charge in [-0.25, -0.2) is 15.0 Å². The average molecular weight is 436 g/mol. The van der Waals surface area contributed by atoms with Gasteiger partial charge < -0.3 is 25.4 Å². The molecule has 0 aliphatic carbocycles. The average Bonchev–Trinajstić information content (AvgIpc) is 3.23. The van der Waals surface area contributed by atoms with Crippen molar-refractivity contribution in [1.29, 1.82) is 0 Å². The Labute approximate surface area is 162 Å². The molecule has 1 aliphatic heterocycles. The molecule has 9 nitrogen and oxygen atoms in total. The van der Waals surface area contributed by atoms with E-state index in [-0.39, 0.29) is 0 Å². The fourth-order valence-electron chi connectivity index (χ4n) is 3.10. The van der Waals surface area contributed by atoms with Crippen LogP contribution < -0.4 is 5.32 Å². The van der Waals surface area contributed by atoms with E-state index >= 15 is 0 Å². The summed E-state index contributed by atoms with van der Waals surface area (Å²) in [6.45, 7) is 0.142. The van der Waals surface area contributed by atoms with Gasteiger partial charge in [-0.2, -0.15) is 0 Å². The van der Waals surface area contributed by atoms with Crippen LogP contribution in [0.5, 0.6) is 0 Å². The Bertz CT molecular complexity index is 952. The topological polar surface area (TPSA) is 126 Å². The van der Waals surface area contributed by atoms with Crippen LogP contribution >= 0.6 is 15.9 Å². The highest BCUT2D eigenvalue weighted by Gasteiger charge is 2.44. The number of hydrogen-bond donors (Lipinski definition) is 4. The number of aliphatic hydroxyl groups excluding tert-OH is 3. The Kier molecular flexibility index (Phi) is 5.06. The molecular formula is C17H18BrN5O4. The number of aromatic nitrogens is 4. The third kappa shape index (κ3) is 3.30. The Hall–Kier alpha value is -2.11. The largest absolute Gasteiger partial charge is 0.394 e. The standard InChI is InChI=1S/C17H18BrN5O4/c18-10-4-2-1-3-9(10)5-19-15-12-16(21-7-20-15)23(8-22-12)17-14(26)13(25)11(6-24)27-17/h1-4,7-8,11,13-14,17,24-26H,5-6H2,(H,19,20,21)/t11-,13-,14+,17?/m1/s1. The van der Waals surface area contributed by atoms with Crippen molar-refractivity contribution >= 4 is 32.9 Å². The molecule has 0 amide bonds. The first kappa shape index (κ1) is 18.3. The van der Waals surface area contributed by atoms with Crippen LogP contribution in [0.15, 0.2) is 41.4 Å². The SMILES string of the molecule is OC[C@H]1OC(n2cnc3c(NCc4ccccc4Br)ncnc32)[C@@H](O)[C@@H]1O. The number of ether oxygens (including phenoxy) is 1. The summed E-state index contributed by atoms with van der Waals surface area (Å²) < 4.78 is 8.08. The number of fused-ring (bicyclic) bond motifs is 1. The maximum Gasteiger partial charge on any atom is 0.167 e. The summed E-state index contributed by atoms with van der Waals surface area (Å²) in [6.07, 6.45) is -1.28. The lowest BCUT2D eigenvalue weighted by atomic mass is 10.1. The zero-order valence-corrected chi connectivity index (χ0v) is 15.7. The van der Waals surface area contributed by atoms with Crippen molar-refractivity contribution in [2.24, 2.45) is 0 Å². The first-order valence-electron chi connectivity index (χ1n) is 8.37. The second kappa shape index (κ2) is 7.49. The van der Waals surface area contributed by atoms with E-state index in [0.717, 1.165) is 10.0 Å². The summed E-state index contributed by atoms with van der Waals surface area (Å²) in [5.74, 6) is 0.543. The van der Waals surface area contributed by atoms with Gasteiger partial charge in [0, 0.05) is 11.0 Å². The van der Waals surface area contributed by atoms with Gasteiger partial charge >= 0.3 is 0 Å². The van der Waals surface area contributed by atoms with E-state index in [2.05, 4.69) is 36.2 Å². The molecule has 0 saturated carbocycles. The van der Waals surface area contributed by atoms with Crippen LogP contribution in [0.4, 0.5) is 5.82 Å². The fourth-order valence-corrected chi connectivity index (χ4v) is 3.52. The minimum atomic E-state index is -1.20. The van der Waals surface area contributed by atoms with E-state index in [9.17, 15) is 15.3 Å². The number of anilines is 1. The van der Waals surface area contributed by atoms with E-state index in [0.29, 0.717) is 23.5 Å². The van der Waals surface area contributed by atoms with Gasteiger partial charge in [-0.1, -0.05) is 34.1 Å². The number of aliphatic hydroxyl groups is 3. The molecule has 2 aromatic heterocycles. The van der Waals surface area contributed by atoms with Gasteiger partial charge in [-0.05, 0) is 11.6 Å². The highest BCUT2D eigenvalue weighted by atomic mass is 79.9. The number of benzene rings is 1. The van der Waals surface area contributed by atoms with Gasteiger partial charge in [-0.15, -0.1) is 0 Å². The van der Waals surface area contributed by atoms with Crippen molar-refractivity contribution in [3.05, 3.63) is 47.0 Å². The number of nitrogens with zero attached hydrogens (tertiary/aromatic N) is 4. The minimum Gasteiger partial charge on any atom is -0.394 e. The zero-order chi connectivity index (χ0) is 19.0. The monoisotopic (exact) mass is 435 g/mol. The first-order valence-corrected chi connectivity index (χ1v) is 9.16. The normalized spacial score (nSPS) is 25.2. The molecule has 3 heterocycles. The van der Waals surface area contributed by atoms with Crippen molar-refractivity contribution in [2.75, 3.05) is 11.9 Å². The molecule has 27 heavy (non-hydrogen) atoms. The lowest BCUT2D eigenvalue weighted by molar-refractivity contribution is -0.0511. The number of imidazole rings is 1. The van der Waals surface area contributed by atoms with Crippen LogP contribution in [0.3, 0.4) is 0 Å². The van der Waals surface area contributed by atoms with E-state index in [1.807, 2.05) is 24.3 Å². The molecular weight excluding hydrogens is 418 g/mol. The Balaban J connectivity index is 1.61. The summed E-state index contributed by atoms with van der Waals surface area (Å²) in [6, 6.07) is 7.85. The third-order valence-corrected chi connectivity index (χ3v) is 5.33. The van der Waals surface area contributed by atoms with E-state index in [1.165, 1.54) is 17.2 Å². The second-order valence-electron chi connectivity index (χ2n) is 6.22. The number of halogens is 1. The van der Waals surface area contributed by atoms with E-state index < -0.39 is 31.1 Å². The number of nitrogens with one attached hydrogen (secondary N) is 1. The van der Waals surface area contributed by atoms with Crippen LogP contribution in [-0.4, -0.2) is 59.8 Å². The van der Waals surface area contributed by atoms with Crippen LogP contribution in [0.25, 0.3) is 11.2 Å². The van der Waals surface area contributed by atoms with E-state index in [1.54, 1.807) is 0 Å². The highest BCUT2D eigenvalue weighted by molar-refractivity contribution is 9.10. The maximum atomic E-state index is 10.2. The van der Waals surface area contributed by atoms with Crippen LogP contribution in [0.2, 0.25) is 0 Å². The molecule has 0 radical (unpaired) electrons. The lowest BCUT2D eigenvalue weighted by Gasteiger charge is -2.16. The summed E-state index contributed by atoms with van der Waals surface area (Å²) in [4.78, 5) is 12.8. The molecule has 4 atom stereocenters. The van der Waals surface area contributed by atoms with Gasteiger partial charge in [0.1, 0.15) is 24.6 Å². The van der Waals surface area contributed by atoms with Crippen molar-refractivity contribution < 1.29 is 20.1 Å². The number of hydrogen-bond acceptors (Lipinski definition) is 8. The van der Waals surface area contributed by atoms with Gasteiger partial charge in [0.25, 0.3) is 0 Å². The Morgan fingerprint density at radius 2 is 1.96 bits per heavy atom. The molecule has 3 aromatic rings. The maximum absolute atomic E-state index is 10.2. The fraction of sp³-hybridized carbons (Fsp3) is 0.353. The van der Waals surface area contributed by atoms with Gasteiger partial charge in [0.2, 0.25) is 0 Å². The van der Waals surface area contributed by atoms with Gasteiger partial charge in [-0.3, -0.25) is 4.57 Å². The first-order chi connectivity index (χ1) is 13.1. The van der Waals surface area contributed by atoms with Crippen molar-refractivity contribution in [3.8, 4) is 0 Å². The molecule has 1 unspecified atom stereocenters. The molecule has 0 spiro atoms. The minimum absolute atomic E-state index is 0.394. The van der Waals surface area contributed by atoms with Crippen LogP contribution in [0.1, 0.15) is 11.8 Å². The predicted octanol–water partition coefficient (Wildman–Crippen LogP) is 0.812. The summed E-state index contributed by atoms with van der Waals surface area (Å²) in [5, 5.41) is 32.7. The molecule has 10 heteroatoms. The van der Waals surface area contributed by atoms with Crippen molar-refractivity contribution in [1.82, 2.24) is 19.5 Å². The summed E-state index contributed by atoms with van der Waals surface area (Å²) >= 11 is 3.51. The molecule has 1 saturated heterocycles. The molecule has 1 fully saturated rings. The Morgan fingerprint density at radius 1 is 1.15 bits per heavy atom. The second-order valence-corrected chi connectivity index (χ2v) is 7.07. The molecule has 142 valence electrons. The number of rotatable bonds is 5. The highest BCUT2D eigenvalue weighted by Crippen LogP contribution is 2.32. The summed E-state index contributed by atoms with van der Waals surface area (Å²) in [5.41, 5.74) is 2.03. The van der Waals surface area contributed by atoms with Gasteiger partial charge in [0.15, 0.2) is 23.2 Å². The van der Waals surface area contributed by atoms with Crippen LogP contribution in [0, 0.1) is 0 Å². The van der Waals surface area contributed by atoms with E-state index in [4.69, 9.17) is 4.74 Å². The lowest BCUT2D eigenvalue weighted by Crippen LogP contribution is -2.33. The Morgan fingerprint density at radius 3 is 2.70 bits per heavy atom. The zero-order valence-electron chi connectivity index (χ0n) is 14.1. The van der Waals surface area contributed by atoms with Crippen molar-refractivity contribution in [2.45, 2.75) is 31.1 Å². The predicted molar refractivity (Wildman–Crippen MR) is 99.8 cm³/mol. The molecule has 0 bridgehead atoms. The molecule has 4 rings (SSSR count).